The van der Waals surface area contributed by atoms with Crippen LogP contribution in [-0.4, -0.2) is 29.4 Å². The van der Waals surface area contributed by atoms with Crippen LogP contribution >= 0.6 is 12.6 Å². The van der Waals surface area contributed by atoms with Crippen molar-refractivity contribution in [3.63, 3.8) is 0 Å². The van der Waals surface area contributed by atoms with Crippen molar-refractivity contribution in [2.24, 2.45) is 11.3 Å². The van der Waals surface area contributed by atoms with Crippen LogP contribution in [0.2, 0.25) is 0 Å². The Balaban J connectivity index is 2.09. The van der Waals surface area contributed by atoms with Crippen LogP contribution in [0.1, 0.15) is 65.7 Å². The summed E-state index contributed by atoms with van der Waals surface area (Å²) in [7, 11) is 0. The maximum absolute atomic E-state index is 4.82. The largest absolute Gasteiger partial charge is 0.251 e. The molecule has 0 aromatic heterocycles. The fourth-order valence-electron chi connectivity index (χ4n) is 3.96. The molecule has 1 aliphatic carbocycles. The molecule has 0 bridgehead atoms. The molecule has 1 saturated carbocycles. The molecule has 112 valence electrons. The van der Waals surface area contributed by atoms with Crippen LogP contribution in [0.4, 0.5) is 0 Å². The fraction of sp³-hybridized carbons (Fsp3) is 1.00. The van der Waals surface area contributed by atoms with E-state index in [2.05, 4.69) is 31.2 Å². The summed E-state index contributed by atoms with van der Waals surface area (Å²) in [4.78, 5) is 0. The molecule has 0 radical (unpaired) electrons. The van der Waals surface area contributed by atoms with Gasteiger partial charge in [0.2, 0.25) is 0 Å². The van der Waals surface area contributed by atoms with Gasteiger partial charge in [-0.2, -0.15) is 12.6 Å². The van der Waals surface area contributed by atoms with Gasteiger partial charge < -0.3 is 0 Å². The van der Waals surface area contributed by atoms with Gasteiger partial charge in [-0.05, 0) is 18.8 Å². The molecule has 3 unspecified atom stereocenters. The topological polar surface area (TPSA) is 15.3 Å². The second-order valence-corrected chi connectivity index (χ2v) is 7.68. The lowest BCUT2D eigenvalue weighted by Gasteiger charge is -2.38. The van der Waals surface area contributed by atoms with Gasteiger partial charge in [-0.3, -0.25) is 5.43 Å². The number of thiol groups is 1. The van der Waals surface area contributed by atoms with E-state index in [4.69, 9.17) is 12.6 Å². The average Bonchev–Trinajstić information content (AvgIpc) is 2.68. The maximum Gasteiger partial charge on any atom is 0.0320 e. The standard InChI is InChI=1S/C16H32N2S/c1-4-18-12-16(3,13(2)19)15(17-18)14-10-8-6-5-7-9-11-14/h13-15,17,19H,4-12H2,1-3H3. The minimum absolute atomic E-state index is 0.309. The number of nitrogens with one attached hydrogen (secondary N) is 1. The van der Waals surface area contributed by atoms with Gasteiger partial charge in [0, 0.05) is 29.8 Å². The van der Waals surface area contributed by atoms with E-state index in [1.165, 1.54) is 44.9 Å². The van der Waals surface area contributed by atoms with Gasteiger partial charge in [-0.1, -0.05) is 52.9 Å². The first-order valence-corrected chi connectivity index (χ1v) is 8.78. The molecule has 2 aliphatic rings. The van der Waals surface area contributed by atoms with E-state index in [1.807, 2.05) is 0 Å². The smallest absolute Gasteiger partial charge is 0.0320 e. The highest BCUT2D eigenvalue weighted by molar-refractivity contribution is 7.81. The van der Waals surface area contributed by atoms with Crippen molar-refractivity contribution >= 4 is 12.6 Å². The lowest BCUT2D eigenvalue weighted by atomic mass is 9.71. The number of hydrogen-bond acceptors (Lipinski definition) is 3. The lowest BCUT2D eigenvalue weighted by Crippen LogP contribution is -2.47. The Morgan fingerprint density at radius 2 is 1.79 bits per heavy atom. The first kappa shape index (κ1) is 15.7. The van der Waals surface area contributed by atoms with E-state index in [9.17, 15) is 0 Å². The first-order valence-electron chi connectivity index (χ1n) is 8.27. The van der Waals surface area contributed by atoms with Gasteiger partial charge in [0.05, 0.1) is 0 Å². The highest BCUT2D eigenvalue weighted by atomic mass is 32.1. The Bertz CT molecular complexity index is 274. The average molecular weight is 285 g/mol. The molecule has 1 N–H and O–H groups in total. The number of hydrazine groups is 1. The summed E-state index contributed by atoms with van der Waals surface area (Å²) in [6.45, 7) is 9.21. The molecule has 0 spiro atoms. The van der Waals surface area contributed by atoms with Crippen LogP contribution in [-0.2, 0) is 0 Å². The van der Waals surface area contributed by atoms with E-state index in [-0.39, 0.29) is 0 Å². The van der Waals surface area contributed by atoms with Crippen LogP contribution in [0, 0.1) is 11.3 Å². The van der Waals surface area contributed by atoms with Crippen LogP contribution in [0.5, 0.6) is 0 Å². The minimum atomic E-state index is 0.309. The molecular weight excluding hydrogens is 252 g/mol. The molecule has 3 heteroatoms. The van der Waals surface area contributed by atoms with Crippen LogP contribution < -0.4 is 5.43 Å². The summed E-state index contributed by atoms with van der Waals surface area (Å²) in [5, 5.41) is 2.86. The first-order chi connectivity index (χ1) is 9.08. The predicted octanol–water partition coefficient (Wildman–Crippen LogP) is 3.88. The Labute approximate surface area is 125 Å². The van der Waals surface area contributed by atoms with E-state index < -0.39 is 0 Å². The summed E-state index contributed by atoms with van der Waals surface area (Å²) in [5.41, 5.74) is 4.12. The molecule has 2 rings (SSSR count). The second kappa shape index (κ2) is 6.82. The van der Waals surface area contributed by atoms with E-state index in [0.717, 1.165) is 19.0 Å². The summed E-state index contributed by atoms with van der Waals surface area (Å²) < 4.78 is 0. The lowest BCUT2D eigenvalue weighted by molar-refractivity contribution is 0.182. The molecule has 3 atom stereocenters. The highest BCUT2D eigenvalue weighted by Gasteiger charge is 2.47. The van der Waals surface area contributed by atoms with Crippen LogP contribution in [0.25, 0.3) is 0 Å². The number of hydrogen-bond donors (Lipinski definition) is 2. The summed E-state index contributed by atoms with van der Waals surface area (Å²) in [6.07, 6.45) is 9.99. The van der Waals surface area contributed by atoms with Crippen molar-refractivity contribution in [2.75, 3.05) is 13.1 Å². The van der Waals surface area contributed by atoms with E-state index in [0.29, 0.717) is 16.7 Å². The molecule has 19 heavy (non-hydrogen) atoms. The Morgan fingerprint density at radius 3 is 2.32 bits per heavy atom. The predicted molar refractivity (Wildman–Crippen MR) is 86.5 cm³/mol. The maximum atomic E-state index is 4.82. The van der Waals surface area contributed by atoms with E-state index >= 15 is 0 Å². The third-order valence-electron chi connectivity index (χ3n) is 5.52. The van der Waals surface area contributed by atoms with Gasteiger partial charge in [0.1, 0.15) is 0 Å². The summed E-state index contributed by atoms with van der Waals surface area (Å²) in [5.74, 6) is 0.844. The molecule has 0 aromatic rings. The zero-order chi connectivity index (χ0) is 13.9. The Morgan fingerprint density at radius 1 is 1.21 bits per heavy atom. The molecule has 1 heterocycles. The third-order valence-corrected chi connectivity index (χ3v) is 6.11. The van der Waals surface area contributed by atoms with Crippen molar-refractivity contribution in [1.29, 1.82) is 0 Å². The zero-order valence-corrected chi connectivity index (χ0v) is 13.9. The van der Waals surface area contributed by atoms with Crippen molar-refractivity contribution in [2.45, 2.75) is 77.0 Å². The number of rotatable bonds is 3. The van der Waals surface area contributed by atoms with Crippen molar-refractivity contribution < 1.29 is 0 Å². The fourth-order valence-corrected chi connectivity index (χ4v) is 4.20. The minimum Gasteiger partial charge on any atom is -0.251 e. The molecule has 2 fully saturated rings. The quantitative estimate of drug-likeness (QED) is 0.765. The molecule has 1 aliphatic heterocycles. The summed E-state index contributed by atoms with van der Waals surface area (Å²) in [6, 6.07) is 0.623. The summed E-state index contributed by atoms with van der Waals surface area (Å²) >= 11 is 4.82. The van der Waals surface area contributed by atoms with Crippen LogP contribution in [0.3, 0.4) is 0 Å². The third kappa shape index (κ3) is 3.48. The van der Waals surface area contributed by atoms with Gasteiger partial charge in [-0.15, -0.1) is 0 Å². The second-order valence-electron chi connectivity index (χ2n) is 6.91. The Hall–Kier alpha value is 0.270. The van der Waals surface area contributed by atoms with Gasteiger partial charge >= 0.3 is 0 Å². The van der Waals surface area contributed by atoms with Crippen molar-refractivity contribution in [1.82, 2.24) is 10.4 Å². The highest BCUT2D eigenvalue weighted by Crippen LogP contribution is 2.41. The molecule has 0 aromatic carbocycles. The number of nitrogens with zero attached hydrogens (tertiary/aromatic N) is 1. The molecular formula is C16H32N2S. The molecule has 1 saturated heterocycles. The van der Waals surface area contributed by atoms with Gasteiger partial charge in [0.25, 0.3) is 0 Å². The molecule has 2 nitrogen and oxygen atoms in total. The van der Waals surface area contributed by atoms with Gasteiger partial charge in [-0.25, -0.2) is 5.01 Å². The Kier molecular flexibility index (Phi) is 5.62. The van der Waals surface area contributed by atoms with Crippen molar-refractivity contribution in [3.05, 3.63) is 0 Å². The molecule has 0 amide bonds. The zero-order valence-electron chi connectivity index (χ0n) is 13.0. The van der Waals surface area contributed by atoms with Gasteiger partial charge in [0.15, 0.2) is 0 Å². The normalized spacial score (nSPS) is 36.9. The SMILES string of the molecule is CCN1CC(C)(C(C)S)C(C2CCCCCCC2)N1. The monoisotopic (exact) mass is 284 g/mol. The van der Waals surface area contributed by atoms with E-state index in [1.54, 1.807) is 0 Å². The van der Waals surface area contributed by atoms with Crippen LogP contribution in [0.15, 0.2) is 0 Å². The van der Waals surface area contributed by atoms with Crippen molar-refractivity contribution in [3.8, 4) is 0 Å².